The van der Waals surface area contributed by atoms with E-state index in [9.17, 15) is 0 Å². The largest absolute Gasteiger partial charge is 0.538 e. The lowest BCUT2D eigenvalue weighted by molar-refractivity contribution is 0.457. The molecule has 0 fully saturated rings. The molecule has 5 heteroatoms. The highest BCUT2D eigenvalue weighted by Crippen LogP contribution is 2.23. The van der Waals surface area contributed by atoms with Crippen molar-refractivity contribution in [3.63, 3.8) is 0 Å². The fraction of sp³-hybridized carbons (Fsp3) is 0.125. The van der Waals surface area contributed by atoms with Crippen LogP contribution in [0.5, 0.6) is 5.75 Å². The van der Waals surface area contributed by atoms with Gasteiger partial charge in [0.1, 0.15) is 5.75 Å². The first-order valence-electron chi connectivity index (χ1n) is 3.97. The lowest BCUT2D eigenvalue weighted by atomic mass is 10.2. The predicted molar refractivity (Wildman–Crippen MR) is 50.7 cm³/mol. The normalized spacial score (nSPS) is 10.3. The Morgan fingerprint density at radius 2 is 2.38 bits per heavy atom. The number of aryl methyl sites for hydroxylation is 1. The van der Waals surface area contributed by atoms with Gasteiger partial charge in [-0.15, -0.1) is 0 Å². The number of hydrogen-bond acceptors (Lipinski definition) is 3. The molecule has 1 heterocycles. The Kier molecular flexibility index (Phi) is 1.94. The highest BCUT2D eigenvalue weighted by Gasteiger charge is 2.04. The molecule has 66 valence electrons. The summed E-state index contributed by atoms with van der Waals surface area (Å²) in [6.07, 6.45) is 1.72. The van der Waals surface area contributed by atoms with Crippen LogP contribution in [-0.4, -0.2) is 22.5 Å². The molecule has 0 unspecified atom stereocenters. The molecule has 1 N–H and O–H groups in total. The van der Waals surface area contributed by atoms with Crippen LogP contribution in [0.2, 0.25) is 0 Å². The van der Waals surface area contributed by atoms with E-state index in [0.717, 1.165) is 10.9 Å². The molecule has 1 aromatic heterocycles. The van der Waals surface area contributed by atoms with Crippen LogP contribution in [0.1, 0.15) is 0 Å². The summed E-state index contributed by atoms with van der Waals surface area (Å²) in [5, 5.41) is 13.6. The van der Waals surface area contributed by atoms with Gasteiger partial charge < -0.3 is 9.68 Å². The third-order valence-corrected chi connectivity index (χ3v) is 1.97. The Balaban J connectivity index is 2.63. The summed E-state index contributed by atoms with van der Waals surface area (Å²) < 4.78 is 6.80. The van der Waals surface area contributed by atoms with Crippen molar-refractivity contribution >= 4 is 18.6 Å². The molecule has 4 nitrogen and oxygen atoms in total. The van der Waals surface area contributed by atoms with Crippen molar-refractivity contribution in [3.8, 4) is 5.75 Å². The minimum atomic E-state index is -0.312. The van der Waals surface area contributed by atoms with Crippen LogP contribution in [0.25, 0.3) is 10.9 Å². The highest BCUT2D eigenvalue weighted by atomic mass is 16.5. The van der Waals surface area contributed by atoms with E-state index >= 15 is 0 Å². The molecule has 0 radical (unpaired) electrons. The zero-order valence-electron chi connectivity index (χ0n) is 7.27. The average Bonchev–Trinajstić information content (AvgIpc) is 2.50. The molecule has 0 spiro atoms. The Morgan fingerprint density at radius 3 is 3.15 bits per heavy atom. The zero-order chi connectivity index (χ0) is 9.26. The zero-order valence-corrected chi connectivity index (χ0v) is 7.27. The van der Waals surface area contributed by atoms with Crippen LogP contribution < -0.4 is 4.65 Å². The van der Waals surface area contributed by atoms with E-state index in [-0.39, 0.29) is 7.69 Å². The summed E-state index contributed by atoms with van der Waals surface area (Å²) >= 11 is 0. The fourth-order valence-electron chi connectivity index (χ4n) is 1.35. The van der Waals surface area contributed by atoms with E-state index in [1.807, 2.05) is 19.2 Å². The fourth-order valence-corrected chi connectivity index (χ4v) is 1.35. The summed E-state index contributed by atoms with van der Waals surface area (Å²) in [4.78, 5) is 0. The lowest BCUT2D eigenvalue weighted by Gasteiger charge is -2.02. The number of aromatic nitrogens is 2. The summed E-state index contributed by atoms with van der Waals surface area (Å²) in [7, 11) is 1.55. The molecule has 0 aliphatic rings. The summed E-state index contributed by atoms with van der Waals surface area (Å²) in [6, 6.07) is 5.63. The van der Waals surface area contributed by atoms with Gasteiger partial charge in [0.2, 0.25) is 0 Å². The molecule has 2 aromatic rings. The second-order valence-corrected chi connectivity index (χ2v) is 2.73. The van der Waals surface area contributed by atoms with Gasteiger partial charge in [-0.05, 0) is 12.1 Å². The molecular weight excluding hydrogens is 167 g/mol. The summed E-state index contributed by atoms with van der Waals surface area (Å²) in [5.41, 5.74) is 0.992. The van der Waals surface area contributed by atoms with E-state index in [2.05, 4.69) is 5.10 Å². The number of nitrogens with zero attached hydrogens (tertiary/aromatic N) is 2. The molecular formula is C8H9BN2O2. The van der Waals surface area contributed by atoms with Gasteiger partial charge in [-0.2, -0.15) is 5.10 Å². The van der Waals surface area contributed by atoms with Crippen molar-refractivity contribution in [3.05, 3.63) is 24.4 Å². The molecule has 2 rings (SSSR count). The smallest absolute Gasteiger partial charge is 0.504 e. The molecule has 0 saturated heterocycles. The van der Waals surface area contributed by atoms with Gasteiger partial charge in [0.15, 0.2) is 0 Å². The maximum absolute atomic E-state index is 8.64. The van der Waals surface area contributed by atoms with Gasteiger partial charge in [0, 0.05) is 7.05 Å². The Hall–Kier alpha value is -1.49. The monoisotopic (exact) mass is 176 g/mol. The predicted octanol–water partition coefficient (Wildman–Crippen LogP) is 0.211. The van der Waals surface area contributed by atoms with Crippen LogP contribution in [0.15, 0.2) is 24.4 Å². The number of hydrogen-bond donors (Lipinski definition) is 1. The minimum Gasteiger partial charge on any atom is -0.538 e. The number of fused-ring (bicyclic) bond motifs is 1. The van der Waals surface area contributed by atoms with Crippen molar-refractivity contribution in [2.45, 2.75) is 0 Å². The molecule has 0 amide bonds. The molecule has 0 saturated carbocycles. The van der Waals surface area contributed by atoms with Crippen molar-refractivity contribution < 1.29 is 9.68 Å². The number of rotatable bonds is 2. The first-order chi connectivity index (χ1) is 6.33. The summed E-state index contributed by atoms with van der Waals surface area (Å²) in [6.45, 7) is 0. The highest BCUT2D eigenvalue weighted by molar-refractivity contribution is 6.18. The van der Waals surface area contributed by atoms with Crippen LogP contribution in [0, 0.1) is 0 Å². The Bertz CT molecular complexity index is 427. The van der Waals surface area contributed by atoms with E-state index in [0.29, 0.717) is 5.75 Å². The van der Waals surface area contributed by atoms with Gasteiger partial charge in [-0.3, -0.25) is 4.68 Å². The maximum Gasteiger partial charge on any atom is 0.504 e. The molecule has 0 aliphatic heterocycles. The SMILES string of the molecule is Cn1ncc2c(OBO)cccc21. The Morgan fingerprint density at radius 1 is 1.54 bits per heavy atom. The van der Waals surface area contributed by atoms with Gasteiger partial charge in [0.25, 0.3) is 0 Å². The van der Waals surface area contributed by atoms with Crippen LogP contribution >= 0.6 is 0 Å². The molecule has 0 aliphatic carbocycles. The van der Waals surface area contributed by atoms with E-state index in [1.165, 1.54) is 0 Å². The van der Waals surface area contributed by atoms with Gasteiger partial charge in [0.05, 0.1) is 17.1 Å². The molecule has 0 bridgehead atoms. The first-order valence-corrected chi connectivity index (χ1v) is 3.97. The van der Waals surface area contributed by atoms with E-state index in [1.54, 1.807) is 16.9 Å². The van der Waals surface area contributed by atoms with Crippen molar-refractivity contribution in [2.75, 3.05) is 0 Å². The van der Waals surface area contributed by atoms with Crippen LogP contribution in [-0.2, 0) is 7.05 Å². The van der Waals surface area contributed by atoms with Gasteiger partial charge >= 0.3 is 7.69 Å². The van der Waals surface area contributed by atoms with Crippen LogP contribution in [0.4, 0.5) is 0 Å². The van der Waals surface area contributed by atoms with Crippen molar-refractivity contribution in [1.29, 1.82) is 0 Å². The van der Waals surface area contributed by atoms with Gasteiger partial charge in [-0.1, -0.05) is 6.07 Å². The lowest BCUT2D eigenvalue weighted by Crippen LogP contribution is -1.99. The quantitative estimate of drug-likeness (QED) is 0.665. The molecule has 1 aromatic carbocycles. The van der Waals surface area contributed by atoms with Crippen molar-refractivity contribution in [1.82, 2.24) is 9.78 Å². The maximum atomic E-state index is 8.64. The minimum absolute atomic E-state index is 0.312. The third-order valence-electron chi connectivity index (χ3n) is 1.97. The van der Waals surface area contributed by atoms with Crippen molar-refractivity contribution in [2.24, 2.45) is 7.05 Å². The Labute approximate surface area is 76.1 Å². The molecule has 0 atom stereocenters. The van der Waals surface area contributed by atoms with E-state index in [4.69, 9.17) is 9.68 Å². The topological polar surface area (TPSA) is 47.3 Å². The first kappa shape index (κ1) is 8.13. The second-order valence-electron chi connectivity index (χ2n) is 2.73. The third kappa shape index (κ3) is 1.27. The van der Waals surface area contributed by atoms with E-state index < -0.39 is 0 Å². The second kappa shape index (κ2) is 3.10. The van der Waals surface area contributed by atoms with Gasteiger partial charge in [-0.25, -0.2) is 0 Å². The number of benzene rings is 1. The average molecular weight is 176 g/mol. The van der Waals surface area contributed by atoms with Crippen LogP contribution in [0.3, 0.4) is 0 Å². The molecule has 13 heavy (non-hydrogen) atoms. The standard InChI is InChI=1S/C8H9BN2O2/c1-11-7-3-2-4-8(13-9-12)6(7)5-10-11/h2-5,9,12H,1H3. The summed E-state index contributed by atoms with van der Waals surface area (Å²) in [5.74, 6) is 0.660.